The number of nitrogen functional groups attached to an aromatic ring is 1. The summed E-state index contributed by atoms with van der Waals surface area (Å²) in [7, 11) is 0. The third-order valence-corrected chi connectivity index (χ3v) is 7.59. The first-order valence-corrected chi connectivity index (χ1v) is 12.9. The van der Waals surface area contributed by atoms with Crippen LogP contribution < -0.4 is 15.2 Å². The topological polar surface area (TPSA) is 91.8 Å². The Morgan fingerprint density at radius 1 is 1.19 bits per heavy atom. The van der Waals surface area contributed by atoms with Gasteiger partial charge in [0.25, 0.3) is 0 Å². The van der Waals surface area contributed by atoms with Gasteiger partial charge in [0.1, 0.15) is 30.0 Å². The molecule has 6 nitrogen and oxygen atoms in total. The van der Waals surface area contributed by atoms with E-state index in [1.807, 2.05) is 48.5 Å². The number of anilines is 1. The minimum absolute atomic E-state index is 0.199. The van der Waals surface area contributed by atoms with Crippen LogP contribution in [0.4, 0.5) is 5.69 Å². The minimum Gasteiger partial charge on any atom is -0.508 e. The van der Waals surface area contributed by atoms with Gasteiger partial charge in [0.05, 0.1) is 5.56 Å². The Kier molecular flexibility index (Phi) is 6.94. The average molecular weight is 498 g/mol. The number of ether oxygens (including phenoxy) is 2. The number of nitrogens with one attached hydrogen (secondary N) is 1. The van der Waals surface area contributed by atoms with Crippen molar-refractivity contribution in [3.8, 4) is 17.2 Å². The Balaban J connectivity index is 1.46. The summed E-state index contributed by atoms with van der Waals surface area (Å²) in [4.78, 5) is 2.49. The molecule has 5 rings (SSSR count). The fraction of sp³-hybridized carbons (Fsp3) is 0.323. The number of nitrogens with two attached hydrogens (primary N) is 1. The first kappa shape index (κ1) is 24.9. The maximum absolute atomic E-state index is 10.2. The quantitative estimate of drug-likeness (QED) is 0.269. The number of likely N-dealkylation sites (tertiary alicyclic amines) is 1. The summed E-state index contributed by atoms with van der Waals surface area (Å²) >= 11 is 0. The molecular formula is C31H35N3O3. The standard InChI is InChI=1S/C31H35N3O3/c1-19-13-14-34(17-19)20(2)18-36-25-9-7-22(8-10-25)30-29(23-5-4-6-24(35)15-23)21(3)26-11-12-28(33)27(16-32)31(26)37-30/h4-12,15-16,19-20,30,32,35H,13-14,17-18,33H2,1-3H3. The Labute approximate surface area is 218 Å². The van der Waals surface area contributed by atoms with Crippen LogP contribution in [0.1, 0.15) is 55.5 Å². The number of hydrogen-bond donors (Lipinski definition) is 3. The molecule has 1 fully saturated rings. The van der Waals surface area contributed by atoms with Gasteiger partial charge < -0.3 is 25.7 Å². The summed E-state index contributed by atoms with van der Waals surface area (Å²) in [5, 5.41) is 18.1. The van der Waals surface area contributed by atoms with Crippen molar-refractivity contribution in [1.29, 1.82) is 5.41 Å². The lowest BCUT2D eigenvalue weighted by Crippen LogP contribution is -2.35. The summed E-state index contributed by atoms with van der Waals surface area (Å²) in [5.74, 6) is 2.38. The second-order valence-electron chi connectivity index (χ2n) is 10.3. The van der Waals surface area contributed by atoms with Crippen LogP contribution in [-0.2, 0) is 0 Å². The summed E-state index contributed by atoms with van der Waals surface area (Å²) in [6.07, 6.45) is 2.06. The van der Waals surface area contributed by atoms with Gasteiger partial charge in [0.2, 0.25) is 0 Å². The molecule has 3 aromatic carbocycles. The van der Waals surface area contributed by atoms with Crippen molar-refractivity contribution in [3.05, 3.63) is 82.9 Å². The predicted molar refractivity (Wildman–Crippen MR) is 149 cm³/mol. The molecule has 192 valence electrons. The highest BCUT2D eigenvalue weighted by Gasteiger charge is 2.31. The average Bonchev–Trinajstić information content (AvgIpc) is 3.33. The third kappa shape index (κ3) is 4.94. The highest BCUT2D eigenvalue weighted by molar-refractivity contribution is 6.00. The molecule has 0 spiro atoms. The molecular weight excluding hydrogens is 462 g/mol. The second-order valence-corrected chi connectivity index (χ2v) is 10.3. The lowest BCUT2D eigenvalue weighted by atomic mass is 9.85. The van der Waals surface area contributed by atoms with Gasteiger partial charge in [-0.05, 0) is 85.8 Å². The first-order valence-electron chi connectivity index (χ1n) is 12.9. The smallest absolute Gasteiger partial charge is 0.150 e. The van der Waals surface area contributed by atoms with Crippen molar-refractivity contribution in [1.82, 2.24) is 4.90 Å². The lowest BCUT2D eigenvalue weighted by molar-refractivity contribution is 0.169. The molecule has 2 aliphatic rings. The summed E-state index contributed by atoms with van der Waals surface area (Å²) in [6.45, 7) is 9.50. The molecule has 1 saturated heterocycles. The van der Waals surface area contributed by atoms with Crippen molar-refractivity contribution in [2.45, 2.75) is 39.3 Å². The SMILES string of the molecule is CC1=C(c2cccc(O)c2)C(c2ccc(OCC(C)N3CCC(C)C3)cc2)Oc2c1ccc(N)c2C=N. The summed E-state index contributed by atoms with van der Waals surface area (Å²) in [5.41, 5.74) is 12.0. The summed E-state index contributed by atoms with van der Waals surface area (Å²) < 4.78 is 12.7. The zero-order chi connectivity index (χ0) is 26.1. The Hall–Kier alpha value is -3.77. The lowest BCUT2D eigenvalue weighted by Gasteiger charge is -2.32. The monoisotopic (exact) mass is 497 g/mol. The molecule has 3 atom stereocenters. The van der Waals surface area contributed by atoms with E-state index in [0.29, 0.717) is 29.6 Å². The molecule has 37 heavy (non-hydrogen) atoms. The van der Waals surface area contributed by atoms with Crippen molar-refractivity contribution in [2.24, 2.45) is 5.92 Å². The fourth-order valence-electron chi connectivity index (χ4n) is 5.41. The maximum Gasteiger partial charge on any atom is 0.150 e. The molecule has 3 aromatic rings. The molecule has 2 aliphatic heterocycles. The Morgan fingerprint density at radius 2 is 1.97 bits per heavy atom. The maximum atomic E-state index is 10.2. The number of phenols is 1. The molecule has 4 N–H and O–H groups in total. The number of hydrogen-bond acceptors (Lipinski definition) is 6. The molecule has 0 aliphatic carbocycles. The number of allylic oxidation sites excluding steroid dienone is 1. The minimum atomic E-state index is -0.436. The van der Waals surface area contributed by atoms with Crippen LogP contribution in [-0.4, -0.2) is 42.0 Å². The zero-order valence-corrected chi connectivity index (χ0v) is 21.7. The number of nitrogens with zero attached hydrogens (tertiary/aromatic N) is 1. The van der Waals surface area contributed by atoms with E-state index < -0.39 is 6.10 Å². The molecule has 2 heterocycles. The van der Waals surface area contributed by atoms with Gasteiger partial charge in [-0.1, -0.05) is 31.2 Å². The van der Waals surface area contributed by atoms with Crippen molar-refractivity contribution in [2.75, 3.05) is 25.4 Å². The van der Waals surface area contributed by atoms with E-state index >= 15 is 0 Å². The van der Waals surface area contributed by atoms with Crippen LogP contribution in [0.2, 0.25) is 0 Å². The predicted octanol–water partition coefficient (Wildman–Crippen LogP) is 6.15. The van der Waals surface area contributed by atoms with Gasteiger partial charge in [0.15, 0.2) is 0 Å². The number of fused-ring (bicyclic) bond motifs is 1. The summed E-state index contributed by atoms with van der Waals surface area (Å²) in [6, 6.07) is 19.4. The normalized spacial score (nSPS) is 20.3. The molecule has 3 unspecified atom stereocenters. The van der Waals surface area contributed by atoms with E-state index in [-0.39, 0.29) is 5.75 Å². The van der Waals surface area contributed by atoms with Gasteiger partial charge in [-0.15, -0.1) is 0 Å². The molecule has 6 heteroatoms. The van der Waals surface area contributed by atoms with Crippen molar-refractivity contribution >= 4 is 23.0 Å². The van der Waals surface area contributed by atoms with Gasteiger partial charge >= 0.3 is 0 Å². The largest absolute Gasteiger partial charge is 0.508 e. The zero-order valence-electron chi connectivity index (χ0n) is 21.7. The van der Waals surface area contributed by atoms with Crippen LogP contribution in [0.3, 0.4) is 0 Å². The van der Waals surface area contributed by atoms with Crippen LogP contribution >= 0.6 is 0 Å². The first-order chi connectivity index (χ1) is 17.9. The van der Waals surface area contributed by atoms with E-state index in [0.717, 1.165) is 52.6 Å². The van der Waals surface area contributed by atoms with E-state index in [2.05, 4.69) is 25.7 Å². The third-order valence-electron chi connectivity index (χ3n) is 7.59. The van der Waals surface area contributed by atoms with E-state index in [1.54, 1.807) is 12.1 Å². The number of rotatable bonds is 7. The van der Waals surface area contributed by atoms with Crippen LogP contribution in [0.15, 0.2) is 60.7 Å². The van der Waals surface area contributed by atoms with Crippen LogP contribution in [0, 0.1) is 11.3 Å². The molecule has 0 bridgehead atoms. The van der Waals surface area contributed by atoms with Gasteiger partial charge in [-0.2, -0.15) is 0 Å². The van der Waals surface area contributed by atoms with Crippen LogP contribution in [0.25, 0.3) is 11.1 Å². The van der Waals surface area contributed by atoms with E-state index in [1.165, 1.54) is 12.6 Å². The molecule has 0 saturated carbocycles. The number of aromatic hydroxyl groups is 1. The Morgan fingerprint density at radius 3 is 2.65 bits per heavy atom. The van der Waals surface area contributed by atoms with Gasteiger partial charge in [-0.25, -0.2) is 0 Å². The molecule has 0 amide bonds. The van der Waals surface area contributed by atoms with Crippen molar-refractivity contribution < 1.29 is 14.6 Å². The number of phenolic OH excluding ortho intramolecular Hbond substituents is 1. The molecule has 0 radical (unpaired) electrons. The van der Waals surface area contributed by atoms with Gasteiger partial charge in [-0.3, -0.25) is 4.90 Å². The highest BCUT2D eigenvalue weighted by Crippen LogP contribution is 2.48. The van der Waals surface area contributed by atoms with E-state index in [9.17, 15) is 5.11 Å². The fourth-order valence-corrected chi connectivity index (χ4v) is 5.41. The van der Waals surface area contributed by atoms with Gasteiger partial charge in [0, 0.05) is 35.6 Å². The second kappa shape index (κ2) is 10.3. The Bertz CT molecular complexity index is 1330. The highest BCUT2D eigenvalue weighted by atomic mass is 16.5. The molecule has 0 aromatic heterocycles. The van der Waals surface area contributed by atoms with Crippen molar-refractivity contribution in [3.63, 3.8) is 0 Å². The van der Waals surface area contributed by atoms with Crippen LogP contribution in [0.5, 0.6) is 17.2 Å². The number of benzene rings is 3. The van der Waals surface area contributed by atoms with E-state index in [4.69, 9.17) is 20.6 Å².